The number of benzene rings is 3. The van der Waals surface area contributed by atoms with Crippen LogP contribution in [0, 0.1) is 11.3 Å². The number of fused-ring (bicyclic) bond motifs is 1. The summed E-state index contributed by atoms with van der Waals surface area (Å²) in [6, 6.07) is 18.9. The number of carbonyl (C=O) groups excluding carboxylic acids is 1. The van der Waals surface area contributed by atoms with E-state index >= 15 is 0 Å². The summed E-state index contributed by atoms with van der Waals surface area (Å²) in [6.07, 6.45) is 0.702. The van der Waals surface area contributed by atoms with Crippen molar-refractivity contribution in [2.45, 2.75) is 57.8 Å². The van der Waals surface area contributed by atoms with Gasteiger partial charge in [-0.05, 0) is 79.1 Å². The highest BCUT2D eigenvalue weighted by molar-refractivity contribution is 5.84. The summed E-state index contributed by atoms with van der Waals surface area (Å²) in [4.78, 5) is 14.0. The average molecular weight is 488 g/mol. The Morgan fingerprint density at radius 1 is 1.11 bits per heavy atom. The van der Waals surface area contributed by atoms with Crippen LogP contribution in [0.1, 0.15) is 56.4 Å². The molecule has 0 aromatic heterocycles. The van der Waals surface area contributed by atoms with E-state index in [2.05, 4.69) is 6.07 Å². The number of nitrogens with zero attached hydrogens (tertiary/aromatic N) is 2. The van der Waals surface area contributed by atoms with Crippen LogP contribution in [-0.2, 0) is 11.2 Å². The third-order valence-electron chi connectivity index (χ3n) is 6.30. The number of amides is 1. The normalized spacial score (nSPS) is 15.4. The van der Waals surface area contributed by atoms with Crippen LogP contribution in [0.4, 0.5) is 10.5 Å². The van der Waals surface area contributed by atoms with Crippen molar-refractivity contribution in [2.24, 2.45) is 0 Å². The molecule has 7 heteroatoms. The van der Waals surface area contributed by atoms with Gasteiger partial charge in [0.05, 0.1) is 17.7 Å². The quantitative estimate of drug-likeness (QED) is 0.470. The Balaban J connectivity index is 1.39. The van der Waals surface area contributed by atoms with Crippen molar-refractivity contribution in [3.63, 3.8) is 0 Å². The molecule has 1 saturated heterocycles. The molecule has 188 valence electrons. The summed E-state index contributed by atoms with van der Waals surface area (Å²) >= 11 is 0. The number of hydrogen-bond acceptors (Lipinski definition) is 6. The van der Waals surface area contributed by atoms with Crippen molar-refractivity contribution in [2.75, 3.05) is 18.8 Å². The van der Waals surface area contributed by atoms with Crippen molar-refractivity contribution in [3.8, 4) is 11.8 Å². The monoisotopic (exact) mass is 487 g/mol. The molecule has 0 saturated carbocycles. The maximum atomic E-state index is 12.3. The van der Waals surface area contributed by atoms with Gasteiger partial charge in [-0.15, -0.1) is 0 Å². The zero-order valence-electron chi connectivity index (χ0n) is 21.0. The molecule has 7 nitrogen and oxygen atoms in total. The molecule has 0 aliphatic carbocycles. The lowest BCUT2D eigenvalue weighted by Gasteiger charge is -2.33. The number of piperidine rings is 1. The van der Waals surface area contributed by atoms with Crippen LogP contribution in [0.15, 0.2) is 54.6 Å². The number of nitrogen functional groups attached to an aromatic ring is 1. The molecule has 1 atom stereocenters. The summed E-state index contributed by atoms with van der Waals surface area (Å²) in [5.41, 5.74) is 8.45. The minimum atomic E-state index is -0.755. The van der Waals surface area contributed by atoms with Gasteiger partial charge in [-0.25, -0.2) is 4.79 Å². The first-order chi connectivity index (χ1) is 17.1. The lowest BCUT2D eigenvalue weighted by atomic mass is 9.97. The number of anilines is 1. The Kier molecular flexibility index (Phi) is 7.37. The first-order valence-corrected chi connectivity index (χ1v) is 12.3. The fourth-order valence-corrected chi connectivity index (χ4v) is 4.38. The molecule has 1 fully saturated rings. The second kappa shape index (κ2) is 10.5. The minimum absolute atomic E-state index is 0.0140. The topological polar surface area (TPSA) is 109 Å². The zero-order chi connectivity index (χ0) is 25.9. The molecular weight excluding hydrogens is 454 g/mol. The molecule has 1 amide bonds. The van der Waals surface area contributed by atoms with Gasteiger partial charge in [0, 0.05) is 38.0 Å². The Hall–Kier alpha value is -3.76. The maximum absolute atomic E-state index is 12.3. The van der Waals surface area contributed by atoms with Crippen molar-refractivity contribution in [3.05, 3.63) is 71.3 Å². The van der Waals surface area contributed by atoms with Crippen LogP contribution in [0.3, 0.4) is 0 Å². The van der Waals surface area contributed by atoms with E-state index in [-0.39, 0.29) is 12.2 Å². The predicted molar refractivity (Wildman–Crippen MR) is 140 cm³/mol. The van der Waals surface area contributed by atoms with Gasteiger partial charge in [-0.3, -0.25) is 0 Å². The van der Waals surface area contributed by atoms with Crippen molar-refractivity contribution in [1.82, 2.24) is 4.90 Å². The van der Waals surface area contributed by atoms with Gasteiger partial charge in [-0.1, -0.05) is 18.2 Å². The van der Waals surface area contributed by atoms with E-state index in [9.17, 15) is 15.2 Å². The third-order valence-corrected chi connectivity index (χ3v) is 6.30. The molecular formula is C29H33N3O4. The fourth-order valence-electron chi connectivity index (χ4n) is 4.38. The molecule has 3 aromatic rings. The number of likely N-dealkylation sites (tertiary alicyclic amines) is 1. The average Bonchev–Trinajstić information content (AvgIpc) is 2.84. The van der Waals surface area contributed by atoms with Crippen LogP contribution in [0.2, 0.25) is 0 Å². The summed E-state index contributed by atoms with van der Waals surface area (Å²) in [5.74, 6) is 0.694. The zero-order valence-corrected chi connectivity index (χ0v) is 21.0. The molecule has 1 aliphatic heterocycles. The predicted octanol–water partition coefficient (Wildman–Crippen LogP) is 5.35. The molecule has 0 spiro atoms. The smallest absolute Gasteiger partial charge is 0.410 e. The molecule has 1 aliphatic rings. The van der Waals surface area contributed by atoms with Crippen LogP contribution in [0.25, 0.3) is 10.8 Å². The Labute approximate surface area is 212 Å². The van der Waals surface area contributed by atoms with Crippen LogP contribution >= 0.6 is 0 Å². The van der Waals surface area contributed by atoms with E-state index in [1.165, 1.54) is 0 Å². The van der Waals surface area contributed by atoms with Crippen LogP contribution < -0.4 is 10.5 Å². The molecule has 0 radical (unpaired) electrons. The Morgan fingerprint density at radius 2 is 1.83 bits per heavy atom. The molecule has 4 rings (SSSR count). The second-order valence-corrected chi connectivity index (χ2v) is 10.3. The molecule has 3 aromatic carbocycles. The van der Waals surface area contributed by atoms with E-state index in [0.717, 1.165) is 21.9 Å². The van der Waals surface area contributed by atoms with E-state index < -0.39 is 11.7 Å². The Morgan fingerprint density at radius 3 is 2.53 bits per heavy atom. The standard InChI is InChI=1S/C29H33N3O4/c1-29(2,3)36-28(34)32-12-10-24(11-13-32)35-25-8-9-26(31)23(16-25)17-27(33)21-7-6-20-5-4-19(18-30)14-22(20)15-21/h4-9,14-16,24,27,33H,10-13,17,31H2,1-3H3. The number of carbonyl (C=O) groups is 1. The van der Waals surface area contributed by atoms with Gasteiger partial charge in [-0.2, -0.15) is 5.26 Å². The summed E-state index contributed by atoms with van der Waals surface area (Å²) in [6.45, 7) is 6.74. The van der Waals surface area contributed by atoms with Crippen LogP contribution in [-0.4, -0.2) is 40.9 Å². The summed E-state index contributed by atoms with van der Waals surface area (Å²) < 4.78 is 11.7. The number of rotatable bonds is 5. The Bertz CT molecular complexity index is 1280. The van der Waals surface area contributed by atoms with Crippen molar-refractivity contribution >= 4 is 22.6 Å². The lowest BCUT2D eigenvalue weighted by Crippen LogP contribution is -2.44. The van der Waals surface area contributed by atoms with Gasteiger partial charge < -0.3 is 25.2 Å². The summed E-state index contributed by atoms with van der Waals surface area (Å²) in [7, 11) is 0. The van der Waals surface area contributed by atoms with E-state index in [1.54, 1.807) is 17.0 Å². The maximum Gasteiger partial charge on any atom is 0.410 e. The number of aliphatic hydroxyl groups excluding tert-OH is 1. The number of hydrogen-bond donors (Lipinski definition) is 2. The third kappa shape index (κ3) is 6.27. The van der Waals surface area contributed by atoms with Gasteiger partial charge in [0.2, 0.25) is 0 Å². The SMILES string of the molecule is CC(C)(C)OC(=O)N1CCC(Oc2ccc(N)c(CC(O)c3ccc4ccc(C#N)cc4c3)c2)CC1. The van der Waals surface area contributed by atoms with Crippen molar-refractivity contribution < 1.29 is 19.4 Å². The van der Waals surface area contributed by atoms with Gasteiger partial charge in [0.1, 0.15) is 17.5 Å². The largest absolute Gasteiger partial charge is 0.490 e. The van der Waals surface area contributed by atoms with Gasteiger partial charge >= 0.3 is 6.09 Å². The second-order valence-electron chi connectivity index (χ2n) is 10.3. The highest BCUT2D eigenvalue weighted by Crippen LogP contribution is 2.29. The number of aliphatic hydroxyl groups is 1. The first kappa shape index (κ1) is 25.3. The first-order valence-electron chi connectivity index (χ1n) is 12.3. The van der Waals surface area contributed by atoms with E-state index in [1.807, 2.05) is 63.2 Å². The molecule has 36 heavy (non-hydrogen) atoms. The van der Waals surface area contributed by atoms with E-state index in [4.69, 9.17) is 15.2 Å². The fraction of sp³-hybridized carbons (Fsp3) is 0.379. The summed E-state index contributed by atoms with van der Waals surface area (Å²) in [5, 5.41) is 22.0. The number of nitrogens with two attached hydrogens (primary N) is 1. The molecule has 3 N–H and O–H groups in total. The lowest BCUT2D eigenvalue weighted by molar-refractivity contribution is 0.0126. The number of ether oxygens (including phenoxy) is 2. The molecule has 0 bridgehead atoms. The van der Waals surface area contributed by atoms with Gasteiger partial charge in [0.15, 0.2) is 0 Å². The highest BCUT2D eigenvalue weighted by Gasteiger charge is 2.27. The van der Waals surface area contributed by atoms with Gasteiger partial charge in [0.25, 0.3) is 0 Å². The molecule has 1 unspecified atom stereocenters. The highest BCUT2D eigenvalue weighted by atomic mass is 16.6. The number of nitriles is 1. The molecule has 1 heterocycles. The minimum Gasteiger partial charge on any atom is -0.490 e. The van der Waals surface area contributed by atoms with E-state index in [0.29, 0.717) is 49.4 Å². The van der Waals surface area contributed by atoms with Crippen LogP contribution in [0.5, 0.6) is 5.75 Å². The van der Waals surface area contributed by atoms with Crippen molar-refractivity contribution in [1.29, 1.82) is 5.26 Å².